The predicted octanol–water partition coefficient (Wildman–Crippen LogP) is 3.92. The molecule has 5 heterocycles. The van der Waals surface area contributed by atoms with Gasteiger partial charge in [-0.2, -0.15) is 22.8 Å². The van der Waals surface area contributed by atoms with E-state index in [0.29, 0.717) is 36.3 Å². The van der Waals surface area contributed by atoms with Crippen LogP contribution in [0.5, 0.6) is 0 Å². The van der Waals surface area contributed by atoms with Gasteiger partial charge in [0, 0.05) is 43.0 Å². The Balaban J connectivity index is 1.26. The van der Waals surface area contributed by atoms with E-state index in [1.807, 2.05) is 12.3 Å². The third-order valence-electron chi connectivity index (χ3n) is 6.99. The first kappa shape index (κ1) is 24.3. The molecule has 1 saturated heterocycles. The van der Waals surface area contributed by atoms with Crippen molar-refractivity contribution in [1.29, 1.82) is 0 Å². The van der Waals surface area contributed by atoms with Crippen LogP contribution in [0.1, 0.15) is 42.0 Å². The highest BCUT2D eigenvalue weighted by Crippen LogP contribution is 2.42. The van der Waals surface area contributed by atoms with E-state index in [0.717, 1.165) is 49.3 Å². The van der Waals surface area contributed by atoms with Crippen LogP contribution in [0.4, 0.5) is 24.8 Å². The third kappa shape index (κ3) is 4.92. The van der Waals surface area contributed by atoms with E-state index in [9.17, 15) is 18.3 Å². The van der Waals surface area contributed by atoms with Crippen molar-refractivity contribution in [2.75, 3.05) is 30.3 Å². The molecular weight excluding hydrogens is 509 g/mol. The summed E-state index contributed by atoms with van der Waals surface area (Å²) in [5.41, 5.74) is 1.79. The van der Waals surface area contributed by atoms with E-state index in [1.54, 1.807) is 4.52 Å². The van der Waals surface area contributed by atoms with Gasteiger partial charge < -0.3 is 25.5 Å². The number of piperidine rings is 1. The quantitative estimate of drug-likeness (QED) is 0.285. The number of alkyl halides is 3. The molecule has 2 fully saturated rings. The Morgan fingerprint density at radius 1 is 1.11 bits per heavy atom. The molecule has 0 amide bonds. The fourth-order valence-corrected chi connectivity index (χ4v) is 5.04. The molecule has 4 aromatic heterocycles. The van der Waals surface area contributed by atoms with Crippen LogP contribution in [0, 0.1) is 5.92 Å². The number of fused-ring (bicyclic) bond motifs is 2. The van der Waals surface area contributed by atoms with E-state index in [-0.39, 0.29) is 23.1 Å². The van der Waals surface area contributed by atoms with Crippen LogP contribution < -0.4 is 16.0 Å². The molecular formula is C24H26ClF3N8O. The molecule has 196 valence electrons. The number of nitrogens with one attached hydrogen (secondary N) is 3. The van der Waals surface area contributed by atoms with Gasteiger partial charge in [-0.05, 0) is 37.8 Å². The lowest BCUT2D eigenvalue weighted by molar-refractivity contribution is -0.137. The first-order chi connectivity index (χ1) is 17.8. The van der Waals surface area contributed by atoms with Crippen LogP contribution in [-0.4, -0.2) is 54.8 Å². The van der Waals surface area contributed by atoms with Gasteiger partial charge in [-0.15, -0.1) is 0 Å². The number of aromatic nitrogens is 5. The van der Waals surface area contributed by atoms with Crippen molar-refractivity contribution in [1.82, 2.24) is 29.3 Å². The standard InChI is InChI=1S/C24H26ClF3N8O/c25-18-5-15(24(26,27)28)11-35-12-16(33-23(18)35)8-31-21-6-20(30-7-14-3-4-29-10-19(14)37)34-22-17(13-1-2-13)9-32-36(21)22/h5-6,9,11-14,19,29,31,37H,1-4,7-8,10H2,(H,30,34)/t14-,19+/m1/s1. The second-order valence-corrected chi connectivity index (χ2v) is 10.1. The Morgan fingerprint density at radius 2 is 1.95 bits per heavy atom. The fraction of sp³-hybridized carbons (Fsp3) is 0.458. The zero-order chi connectivity index (χ0) is 25.7. The van der Waals surface area contributed by atoms with Crippen molar-refractivity contribution in [3.8, 4) is 0 Å². The van der Waals surface area contributed by atoms with Gasteiger partial charge in [0.25, 0.3) is 0 Å². The number of nitrogens with zero attached hydrogens (tertiary/aromatic N) is 5. The number of hydrogen-bond donors (Lipinski definition) is 4. The molecule has 0 radical (unpaired) electrons. The van der Waals surface area contributed by atoms with E-state index in [4.69, 9.17) is 16.6 Å². The molecule has 0 aromatic carbocycles. The van der Waals surface area contributed by atoms with Crippen molar-refractivity contribution in [3.63, 3.8) is 0 Å². The van der Waals surface area contributed by atoms with Crippen molar-refractivity contribution < 1.29 is 18.3 Å². The summed E-state index contributed by atoms with van der Waals surface area (Å²) in [6.07, 6.45) is 2.50. The van der Waals surface area contributed by atoms with Crippen molar-refractivity contribution in [3.05, 3.63) is 52.6 Å². The maximum absolute atomic E-state index is 13.2. The monoisotopic (exact) mass is 534 g/mol. The molecule has 13 heteroatoms. The van der Waals surface area contributed by atoms with Gasteiger partial charge in [0.2, 0.25) is 0 Å². The lowest BCUT2D eigenvalue weighted by Gasteiger charge is -2.28. The van der Waals surface area contributed by atoms with Gasteiger partial charge >= 0.3 is 6.18 Å². The Kier molecular flexibility index (Phi) is 6.12. The Morgan fingerprint density at radius 3 is 2.70 bits per heavy atom. The zero-order valence-electron chi connectivity index (χ0n) is 19.8. The average Bonchev–Trinajstić information content (AvgIpc) is 3.46. The van der Waals surface area contributed by atoms with Crippen molar-refractivity contribution in [2.24, 2.45) is 5.92 Å². The molecule has 6 rings (SSSR count). The van der Waals surface area contributed by atoms with Crippen molar-refractivity contribution >= 4 is 34.5 Å². The van der Waals surface area contributed by atoms with Crippen LogP contribution in [-0.2, 0) is 12.7 Å². The molecule has 1 aliphatic heterocycles. The number of imidazole rings is 1. The van der Waals surface area contributed by atoms with E-state index in [2.05, 4.69) is 26.0 Å². The molecule has 1 aliphatic carbocycles. The van der Waals surface area contributed by atoms with Gasteiger partial charge in [-0.3, -0.25) is 0 Å². The molecule has 2 atom stereocenters. The normalized spacial score (nSPS) is 20.6. The molecule has 37 heavy (non-hydrogen) atoms. The summed E-state index contributed by atoms with van der Waals surface area (Å²) in [6.45, 7) is 2.27. The summed E-state index contributed by atoms with van der Waals surface area (Å²) in [6, 6.07) is 2.72. The summed E-state index contributed by atoms with van der Waals surface area (Å²) in [5, 5.41) is 24.6. The summed E-state index contributed by atoms with van der Waals surface area (Å²) < 4.78 is 42.6. The molecule has 1 saturated carbocycles. The van der Waals surface area contributed by atoms with Crippen molar-refractivity contribution in [2.45, 2.75) is 44.0 Å². The lowest BCUT2D eigenvalue weighted by Crippen LogP contribution is -2.43. The number of pyridine rings is 1. The Bertz CT molecular complexity index is 1450. The maximum atomic E-state index is 13.2. The highest BCUT2D eigenvalue weighted by Gasteiger charge is 2.32. The lowest BCUT2D eigenvalue weighted by atomic mass is 9.95. The van der Waals surface area contributed by atoms with Gasteiger partial charge in [0.1, 0.15) is 11.6 Å². The number of aliphatic hydroxyl groups is 1. The Hall–Kier alpha value is -3.09. The van der Waals surface area contributed by atoms with Gasteiger partial charge in [0.05, 0.1) is 35.1 Å². The van der Waals surface area contributed by atoms with Crippen LogP contribution in [0.15, 0.2) is 30.7 Å². The molecule has 0 bridgehead atoms. The highest BCUT2D eigenvalue weighted by atomic mass is 35.5. The molecule has 2 aliphatic rings. The van der Waals surface area contributed by atoms with Crippen LogP contribution in [0.25, 0.3) is 11.3 Å². The van der Waals surface area contributed by atoms with Gasteiger partial charge in [0.15, 0.2) is 11.3 Å². The van der Waals surface area contributed by atoms with Crippen LogP contribution in [0.2, 0.25) is 5.02 Å². The highest BCUT2D eigenvalue weighted by molar-refractivity contribution is 6.33. The second kappa shape index (κ2) is 9.34. The topological polar surface area (TPSA) is 104 Å². The van der Waals surface area contributed by atoms with E-state index >= 15 is 0 Å². The first-order valence-electron chi connectivity index (χ1n) is 12.3. The number of rotatable bonds is 7. The van der Waals surface area contributed by atoms with Gasteiger partial charge in [-0.1, -0.05) is 11.6 Å². The zero-order valence-corrected chi connectivity index (χ0v) is 20.5. The summed E-state index contributed by atoms with van der Waals surface area (Å²) >= 11 is 6.09. The van der Waals surface area contributed by atoms with Crippen LogP contribution >= 0.6 is 11.6 Å². The molecule has 9 nitrogen and oxygen atoms in total. The summed E-state index contributed by atoms with van der Waals surface area (Å²) in [7, 11) is 0. The number of aliphatic hydroxyl groups excluding tert-OH is 1. The molecule has 4 N–H and O–H groups in total. The van der Waals surface area contributed by atoms with E-state index < -0.39 is 17.8 Å². The molecule has 0 spiro atoms. The number of halogens is 4. The number of anilines is 2. The minimum Gasteiger partial charge on any atom is -0.391 e. The minimum atomic E-state index is -4.50. The fourth-order valence-electron chi connectivity index (χ4n) is 4.78. The smallest absolute Gasteiger partial charge is 0.391 e. The largest absolute Gasteiger partial charge is 0.417 e. The minimum absolute atomic E-state index is 0.0693. The van der Waals surface area contributed by atoms with Crippen LogP contribution in [0.3, 0.4) is 0 Å². The Labute approximate surface area is 215 Å². The number of hydrogen-bond acceptors (Lipinski definition) is 7. The predicted molar refractivity (Wildman–Crippen MR) is 133 cm³/mol. The summed E-state index contributed by atoms with van der Waals surface area (Å²) in [4.78, 5) is 9.22. The second-order valence-electron chi connectivity index (χ2n) is 9.73. The average molecular weight is 535 g/mol. The van der Waals surface area contributed by atoms with Gasteiger partial charge in [-0.25, -0.2) is 9.97 Å². The molecule has 4 aromatic rings. The SMILES string of the molecule is O[C@H]1CNCC[C@@H]1CNc1cc(NCc2cn3cc(C(F)(F)F)cc(Cl)c3n2)n2ncc(C3CC3)c2n1. The number of β-amino-alcohol motifs (C(OH)–C–C–N with tert-alkyl or cyclic N) is 1. The van der Waals surface area contributed by atoms with E-state index in [1.165, 1.54) is 10.6 Å². The molecule has 0 unspecified atom stereocenters. The maximum Gasteiger partial charge on any atom is 0.417 e. The first-order valence-corrected chi connectivity index (χ1v) is 12.6. The third-order valence-corrected chi connectivity index (χ3v) is 7.26. The summed E-state index contributed by atoms with van der Waals surface area (Å²) in [5.74, 6) is 1.90.